The second-order valence-corrected chi connectivity index (χ2v) is 3.16. The van der Waals surface area contributed by atoms with Crippen LogP contribution in [-0.2, 0) is 0 Å². The molecule has 61 valence electrons. The van der Waals surface area contributed by atoms with E-state index < -0.39 is 0 Å². The first-order chi connectivity index (χ1) is 5.92. The minimum Gasteiger partial charge on any atom is -0.493 e. The molecule has 2 rings (SSSR count). The highest BCUT2D eigenvalue weighted by Gasteiger charge is 2.00. The standard InChI is InChI=1S/C10H9OS/c1-2-11-10-5-3-4-8-6-12-7-9(8)10/h3-5,7H,2H2,1H3. The lowest BCUT2D eigenvalue weighted by Gasteiger charge is -2.02. The van der Waals surface area contributed by atoms with Crippen molar-refractivity contribution in [2.45, 2.75) is 6.92 Å². The molecule has 2 heteroatoms. The monoisotopic (exact) mass is 177 g/mol. The van der Waals surface area contributed by atoms with Crippen LogP contribution in [0.15, 0.2) is 23.6 Å². The smallest absolute Gasteiger partial charge is 0.127 e. The van der Waals surface area contributed by atoms with Gasteiger partial charge in [-0.2, -0.15) is 0 Å². The lowest BCUT2D eigenvalue weighted by atomic mass is 10.2. The van der Waals surface area contributed by atoms with Crippen LogP contribution in [-0.4, -0.2) is 6.61 Å². The van der Waals surface area contributed by atoms with Crippen LogP contribution in [0.1, 0.15) is 6.92 Å². The van der Waals surface area contributed by atoms with Crippen molar-refractivity contribution in [2.75, 3.05) is 6.61 Å². The Morgan fingerprint density at radius 1 is 1.50 bits per heavy atom. The predicted octanol–water partition coefficient (Wildman–Crippen LogP) is 3.10. The predicted molar refractivity (Wildman–Crippen MR) is 51.8 cm³/mol. The molecule has 2 aromatic rings. The average molecular weight is 177 g/mol. The Hall–Kier alpha value is -1.02. The molecule has 0 amide bonds. The Morgan fingerprint density at radius 3 is 3.25 bits per heavy atom. The van der Waals surface area contributed by atoms with Gasteiger partial charge in [-0.15, -0.1) is 11.3 Å². The van der Waals surface area contributed by atoms with E-state index in [0.717, 1.165) is 17.7 Å². The summed E-state index contributed by atoms with van der Waals surface area (Å²) in [6.07, 6.45) is 0. The van der Waals surface area contributed by atoms with Crippen molar-refractivity contribution in [2.24, 2.45) is 0 Å². The van der Waals surface area contributed by atoms with Gasteiger partial charge in [0.05, 0.1) is 12.0 Å². The van der Waals surface area contributed by atoms with Crippen LogP contribution >= 0.6 is 11.3 Å². The maximum absolute atomic E-state index is 5.46. The summed E-state index contributed by atoms with van der Waals surface area (Å²) >= 11 is 1.59. The minimum atomic E-state index is 0.717. The molecular formula is C10H9OS. The van der Waals surface area contributed by atoms with Gasteiger partial charge in [0, 0.05) is 16.2 Å². The van der Waals surface area contributed by atoms with Gasteiger partial charge in [0.25, 0.3) is 0 Å². The van der Waals surface area contributed by atoms with Gasteiger partial charge in [-0.3, -0.25) is 0 Å². The third-order valence-electron chi connectivity index (χ3n) is 1.71. The molecule has 1 aromatic heterocycles. The molecule has 0 N–H and O–H groups in total. The second-order valence-electron chi connectivity index (χ2n) is 2.49. The summed E-state index contributed by atoms with van der Waals surface area (Å²) in [5, 5.41) is 7.56. The van der Waals surface area contributed by atoms with Gasteiger partial charge in [-0.05, 0) is 13.0 Å². The van der Waals surface area contributed by atoms with Gasteiger partial charge in [0.15, 0.2) is 0 Å². The Balaban J connectivity index is 2.57. The van der Waals surface area contributed by atoms with Crippen LogP contribution in [0.5, 0.6) is 5.75 Å². The van der Waals surface area contributed by atoms with E-state index in [1.807, 2.05) is 25.1 Å². The topological polar surface area (TPSA) is 9.23 Å². The van der Waals surface area contributed by atoms with Gasteiger partial charge in [-0.1, -0.05) is 12.1 Å². The molecule has 0 unspecified atom stereocenters. The van der Waals surface area contributed by atoms with Crippen LogP contribution in [0.4, 0.5) is 0 Å². The van der Waals surface area contributed by atoms with Crippen molar-refractivity contribution in [1.29, 1.82) is 0 Å². The summed E-state index contributed by atoms with van der Waals surface area (Å²) in [4.78, 5) is 0. The van der Waals surface area contributed by atoms with Crippen LogP contribution in [0.3, 0.4) is 0 Å². The molecule has 0 aliphatic rings. The van der Waals surface area contributed by atoms with Crippen molar-refractivity contribution in [3.8, 4) is 5.75 Å². The molecule has 0 spiro atoms. The Labute approximate surface area is 75.6 Å². The average Bonchev–Trinajstić information content (AvgIpc) is 2.53. The molecule has 0 saturated carbocycles. The zero-order chi connectivity index (χ0) is 8.39. The zero-order valence-electron chi connectivity index (χ0n) is 6.83. The summed E-state index contributed by atoms with van der Waals surface area (Å²) in [5.41, 5.74) is 0. The van der Waals surface area contributed by atoms with Crippen LogP contribution in [0.25, 0.3) is 10.8 Å². The number of hydrogen-bond donors (Lipinski definition) is 0. The fraction of sp³-hybridized carbons (Fsp3) is 0.200. The quantitative estimate of drug-likeness (QED) is 0.685. The highest BCUT2D eigenvalue weighted by atomic mass is 32.1. The lowest BCUT2D eigenvalue weighted by molar-refractivity contribution is 0.344. The molecule has 1 heterocycles. The second kappa shape index (κ2) is 3.15. The summed E-state index contributed by atoms with van der Waals surface area (Å²) in [5.74, 6) is 0.965. The molecular weight excluding hydrogens is 168 g/mol. The highest BCUT2D eigenvalue weighted by molar-refractivity contribution is 7.08. The van der Waals surface area contributed by atoms with Crippen LogP contribution < -0.4 is 4.74 Å². The van der Waals surface area contributed by atoms with E-state index in [1.165, 1.54) is 5.39 Å². The molecule has 12 heavy (non-hydrogen) atoms. The normalized spacial score (nSPS) is 10.4. The maximum atomic E-state index is 5.46. The van der Waals surface area contributed by atoms with E-state index in [2.05, 4.69) is 10.8 Å². The van der Waals surface area contributed by atoms with E-state index in [9.17, 15) is 0 Å². The van der Waals surface area contributed by atoms with E-state index in [1.54, 1.807) is 11.3 Å². The first-order valence-electron chi connectivity index (χ1n) is 3.92. The third-order valence-corrected chi connectivity index (χ3v) is 2.40. The van der Waals surface area contributed by atoms with Crippen LogP contribution in [0, 0.1) is 5.38 Å². The SMILES string of the molecule is CCOc1cccc2[c]scc12. The molecule has 0 bridgehead atoms. The third kappa shape index (κ3) is 1.18. The van der Waals surface area contributed by atoms with Gasteiger partial charge in [-0.25, -0.2) is 0 Å². The maximum Gasteiger partial charge on any atom is 0.127 e. The molecule has 0 aliphatic carbocycles. The molecule has 1 radical (unpaired) electrons. The molecule has 0 aliphatic heterocycles. The van der Waals surface area contributed by atoms with Gasteiger partial charge >= 0.3 is 0 Å². The molecule has 0 saturated heterocycles. The number of ether oxygens (including phenoxy) is 1. The Kier molecular flexibility index (Phi) is 2.00. The molecule has 1 nitrogen and oxygen atoms in total. The van der Waals surface area contributed by atoms with Gasteiger partial charge in [0.2, 0.25) is 0 Å². The first-order valence-corrected chi connectivity index (χ1v) is 4.80. The Bertz CT molecular complexity index is 378. The molecule has 0 fully saturated rings. The van der Waals surface area contributed by atoms with E-state index >= 15 is 0 Å². The molecule has 0 atom stereocenters. The van der Waals surface area contributed by atoms with Gasteiger partial charge in [0.1, 0.15) is 5.75 Å². The number of rotatable bonds is 2. The zero-order valence-corrected chi connectivity index (χ0v) is 7.65. The summed E-state index contributed by atoms with van der Waals surface area (Å²) < 4.78 is 5.46. The van der Waals surface area contributed by atoms with Crippen molar-refractivity contribution in [3.63, 3.8) is 0 Å². The number of fused-ring (bicyclic) bond motifs is 1. The fourth-order valence-electron chi connectivity index (χ4n) is 1.19. The number of hydrogen-bond acceptors (Lipinski definition) is 2. The van der Waals surface area contributed by atoms with E-state index in [0.29, 0.717) is 0 Å². The lowest BCUT2D eigenvalue weighted by Crippen LogP contribution is -1.90. The molecule has 1 aromatic carbocycles. The summed E-state index contributed by atoms with van der Waals surface area (Å²) in [6.45, 7) is 2.71. The summed E-state index contributed by atoms with van der Waals surface area (Å²) in [6, 6.07) is 6.04. The van der Waals surface area contributed by atoms with E-state index in [4.69, 9.17) is 4.74 Å². The number of thiophene rings is 1. The van der Waals surface area contributed by atoms with Crippen molar-refractivity contribution in [3.05, 3.63) is 29.0 Å². The summed E-state index contributed by atoms with van der Waals surface area (Å²) in [7, 11) is 0. The van der Waals surface area contributed by atoms with Crippen molar-refractivity contribution >= 4 is 22.1 Å². The van der Waals surface area contributed by atoms with Crippen molar-refractivity contribution < 1.29 is 4.74 Å². The number of benzene rings is 1. The minimum absolute atomic E-state index is 0.717. The van der Waals surface area contributed by atoms with Gasteiger partial charge < -0.3 is 4.74 Å². The fourth-order valence-corrected chi connectivity index (χ4v) is 1.91. The highest BCUT2D eigenvalue weighted by Crippen LogP contribution is 2.27. The van der Waals surface area contributed by atoms with Crippen molar-refractivity contribution in [1.82, 2.24) is 0 Å². The van der Waals surface area contributed by atoms with Crippen LogP contribution in [0.2, 0.25) is 0 Å². The largest absolute Gasteiger partial charge is 0.493 e. The van der Waals surface area contributed by atoms with E-state index in [-0.39, 0.29) is 0 Å². The Morgan fingerprint density at radius 2 is 2.42 bits per heavy atom. The first kappa shape index (κ1) is 7.62.